The summed E-state index contributed by atoms with van der Waals surface area (Å²) in [5, 5.41) is 0. The van der Waals surface area contributed by atoms with Crippen LogP contribution in [0.5, 0.6) is 0 Å². The van der Waals surface area contributed by atoms with E-state index >= 15 is 0 Å². The number of methoxy groups -OCH3 is 1. The van der Waals surface area contributed by atoms with E-state index < -0.39 is 6.23 Å². The van der Waals surface area contributed by atoms with Crippen molar-refractivity contribution in [2.75, 3.05) is 13.7 Å². The van der Waals surface area contributed by atoms with Gasteiger partial charge in [-0.05, 0) is 19.9 Å². The minimum atomic E-state index is -0.482. The molecule has 0 fully saturated rings. The smallest absolute Gasteiger partial charge is 0.333 e. The molecule has 1 aliphatic heterocycles. The van der Waals surface area contributed by atoms with Gasteiger partial charge >= 0.3 is 5.69 Å². The summed E-state index contributed by atoms with van der Waals surface area (Å²) in [6, 6.07) is 0. The van der Waals surface area contributed by atoms with E-state index in [-0.39, 0.29) is 17.4 Å². The molecular weight excluding hydrogens is 248 g/mol. The van der Waals surface area contributed by atoms with Crippen LogP contribution in [0.3, 0.4) is 0 Å². The molecule has 0 saturated carbocycles. The summed E-state index contributed by atoms with van der Waals surface area (Å²) in [6.45, 7) is 4.24. The zero-order valence-corrected chi connectivity index (χ0v) is 11.3. The van der Waals surface area contributed by atoms with Crippen molar-refractivity contribution in [3.63, 3.8) is 0 Å². The lowest BCUT2D eigenvalue weighted by atomic mass is 10.3. The number of ether oxygens (including phenoxy) is 2. The lowest BCUT2D eigenvalue weighted by Crippen LogP contribution is -2.41. The molecule has 2 atom stereocenters. The topological polar surface area (TPSA) is 62.5 Å². The van der Waals surface area contributed by atoms with Crippen LogP contribution in [0.25, 0.3) is 0 Å². The molecule has 0 aromatic carbocycles. The van der Waals surface area contributed by atoms with Crippen LogP contribution in [-0.4, -0.2) is 29.0 Å². The zero-order chi connectivity index (χ0) is 14.0. The Morgan fingerprint density at radius 1 is 1.37 bits per heavy atom. The lowest BCUT2D eigenvalue weighted by Gasteiger charge is -2.17. The molecule has 104 valence electrons. The van der Waals surface area contributed by atoms with Gasteiger partial charge < -0.3 is 9.47 Å². The van der Waals surface area contributed by atoms with Crippen molar-refractivity contribution in [3.05, 3.63) is 44.8 Å². The van der Waals surface area contributed by atoms with Crippen LogP contribution in [-0.2, 0) is 16.0 Å². The molecule has 6 heteroatoms. The van der Waals surface area contributed by atoms with Gasteiger partial charge in [0.25, 0.3) is 5.56 Å². The number of rotatable bonds is 4. The van der Waals surface area contributed by atoms with E-state index in [4.69, 9.17) is 9.47 Å². The van der Waals surface area contributed by atoms with Crippen molar-refractivity contribution in [3.8, 4) is 0 Å². The van der Waals surface area contributed by atoms with Crippen molar-refractivity contribution in [1.29, 1.82) is 0 Å². The van der Waals surface area contributed by atoms with Gasteiger partial charge in [-0.3, -0.25) is 13.9 Å². The maximum absolute atomic E-state index is 12.2. The van der Waals surface area contributed by atoms with Gasteiger partial charge in [-0.2, -0.15) is 0 Å². The average Bonchev–Trinajstić information content (AvgIpc) is 2.83. The van der Waals surface area contributed by atoms with Crippen molar-refractivity contribution < 1.29 is 9.47 Å². The molecule has 2 rings (SSSR count). The first-order valence-corrected chi connectivity index (χ1v) is 6.23. The largest absolute Gasteiger partial charge is 0.382 e. The van der Waals surface area contributed by atoms with E-state index in [0.29, 0.717) is 18.7 Å². The molecule has 1 aliphatic rings. The Hall–Kier alpha value is -1.66. The van der Waals surface area contributed by atoms with E-state index in [0.717, 1.165) is 0 Å². The Morgan fingerprint density at radius 3 is 2.74 bits per heavy atom. The molecule has 0 amide bonds. The van der Waals surface area contributed by atoms with Crippen LogP contribution in [0.4, 0.5) is 0 Å². The molecule has 1 aromatic heterocycles. The van der Waals surface area contributed by atoms with E-state index in [1.165, 1.54) is 9.13 Å². The van der Waals surface area contributed by atoms with Gasteiger partial charge in [0.2, 0.25) is 0 Å². The van der Waals surface area contributed by atoms with Crippen LogP contribution < -0.4 is 11.2 Å². The van der Waals surface area contributed by atoms with Crippen LogP contribution in [0, 0.1) is 6.92 Å². The monoisotopic (exact) mass is 266 g/mol. The van der Waals surface area contributed by atoms with Crippen LogP contribution in [0.1, 0.15) is 18.7 Å². The minimum Gasteiger partial charge on any atom is -0.382 e. The van der Waals surface area contributed by atoms with Crippen molar-refractivity contribution in [2.24, 2.45) is 0 Å². The Balaban J connectivity index is 2.38. The second-order valence-electron chi connectivity index (χ2n) is 4.46. The van der Waals surface area contributed by atoms with Gasteiger partial charge in [-0.25, -0.2) is 4.79 Å². The molecule has 2 heterocycles. The van der Waals surface area contributed by atoms with Gasteiger partial charge in [0.1, 0.15) is 6.10 Å². The predicted molar refractivity (Wildman–Crippen MR) is 70.3 cm³/mol. The normalized spacial score (nSPS) is 22.1. The van der Waals surface area contributed by atoms with Gasteiger partial charge in [0, 0.05) is 25.4 Å². The fourth-order valence-electron chi connectivity index (χ4n) is 2.13. The van der Waals surface area contributed by atoms with Gasteiger partial charge in [-0.15, -0.1) is 0 Å². The number of aryl methyl sites for hydroxylation is 1. The number of aromatic nitrogens is 2. The summed E-state index contributed by atoms with van der Waals surface area (Å²) >= 11 is 0. The lowest BCUT2D eigenvalue weighted by molar-refractivity contribution is -0.0208. The molecule has 1 aromatic rings. The van der Waals surface area contributed by atoms with E-state index in [2.05, 4.69) is 0 Å². The molecule has 0 unspecified atom stereocenters. The van der Waals surface area contributed by atoms with E-state index in [9.17, 15) is 9.59 Å². The Kier molecular flexibility index (Phi) is 4.01. The van der Waals surface area contributed by atoms with Crippen molar-refractivity contribution >= 4 is 0 Å². The van der Waals surface area contributed by atoms with E-state index in [1.54, 1.807) is 33.2 Å². The molecular formula is C13H18N2O4. The first-order valence-electron chi connectivity index (χ1n) is 6.23. The van der Waals surface area contributed by atoms with Crippen molar-refractivity contribution in [1.82, 2.24) is 9.13 Å². The third-order valence-electron chi connectivity index (χ3n) is 3.09. The third kappa shape index (κ3) is 2.54. The molecule has 6 nitrogen and oxygen atoms in total. The van der Waals surface area contributed by atoms with Gasteiger partial charge in [-0.1, -0.05) is 6.08 Å². The molecule has 0 aliphatic carbocycles. The van der Waals surface area contributed by atoms with Crippen molar-refractivity contribution in [2.45, 2.75) is 32.7 Å². The molecule has 0 N–H and O–H groups in total. The van der Waals surface area contributed by atoms with Crippen LogP contribution in [0.15, 0.2) is 27.9 Å². The highest BCUT2D eigenvalue weighted by Gasteiger charge is 2.22. The first-order chi connectivity index (χ1) is 9.08. The summed E-state index contributed by atoms with van der Waals surface area (Å²) in [5.74, 6) is 0. The fraction of sp³-hybridized carbons (Fsp3) is 0.538. The summed E-state index contributed by atoms with van der Waals surface area (Å²) in [5.41, 5.74) is -0.0846. The predicted octanol–water partition coefficient (Wildman–Crippen LogP) is 0.438. The minimum absolute atomic E-state index is 0.163. The zero-order valence-electron chi connectivity index (χ0n) is 11.3. The molecule has 0 spiro atoms. The number of nitrogens with zero attached hydrogens (tertiary/aromatic N) is 2. The summed E-state index contributed by atoms with van der Waals surface area (Å²) in [4.78, 5) is 24.0. The van der Waals surface area contributed by atoms with Gasteiger partial charge in [0.05, 0.1) is 6.61 Å². The SMILES string of the molecule is CCn1c(=O)c(C)cn([C@H]2C=C[C@H](COC)O2)c1=O. The first kappa shape index (κ1) is 13.8. The molecule has 0 saturated heterocycles. The maximum atomic E-state index is 12.2. The second-order valence-corrected chi connectivity index (χ2v) is 4.46. The number of hydrogen-bond acceptors (Lipinski definition) is 4. The fourth-order valence-corrected chi connectivity index (χ4v) is 2.13. The van der Waals surface area contributed by atoms with Crippen LogP contribution in [0.2, 0.25) is 0 Å². The summed E-state index contributed by atoms with van der Waals surface area (Å²) in [7, 11) is 1.60. The highest BCUT2D eigenvalue weighted by Crippen LogP contribution is 2.19. The molecule has 19 heavy (non-hydrogen) atoms. The Bertz CT molecular complexity index is 600. The Labute approximate surface area is 110 Å². The highest BCUT2D eigenvalue weighted by molar-refractivity contribution is 5.07. The Morgan fingerprint density at radius 2 is 2.11 bits per heavy atom. The van der Waals surface area contributed by atoms with Gasteiger partial charge in [0.15, 0.2) is 6.23 Å². The summed E-state index contributed by atoms with van der Waals surface area (Å²) < 4.78 is 13.3. The quantitative estimate of drug-likeness (QED) is 0.742. The molecule has 0 bridgehead atoms. The third-order valence-corrected chi connectivity index (χ3v) is 3.09. The standard InChI is InChI=1S/C13H18N2O4/c1-4-14-12(16)9(2)7-15(13(14)17)11-6-5-10(19-11)8-18-3/h5-7,10-11H,4,8H2,1-3H3/t10-,11-/m1/s1. The summed E-state index contributed by atoms with van der Waals surface area (Å²) in [6.07, 6.45) is 4.56. The molecule has 0 radical (unpaired) electrons. The van der Waals surface area contributed by atoms with E-state index in [1.807, 2.05) is 6.08 Å². The average molecular weight is 266 g/mol. The maximum Gasteiger partial charge on any atom is 0.333 e. The van der Waals surface area contributed by atoms with Crippen LogP contribution >= 0.6 is 0 Å². The highest BCUT2D eigenvalue weighted by atomic mass is 16.5. The number of hydrogen-bond donors (Lipinski definition) is 0. The second kappa shape index (κ2) is 5.54.